The maximum Gasteiger partial charge on any atom is 0.333 e. The molecule has 2 aromatic rings. The lowest BCUT2D eigenvalue weighted by Gasteiger charge is -2.33. The average molecular weight is 783 g/mol. The molecule has 0 fully saturated rings. The van der Waals surface area contributed by atoms with Crippen molar-refractivity contribution >= 4 is 35.1 Å². The Morgan fingerprint density at radius 1 is 0.643 bits per heavy atom. The highest BCUT2D eigenvalue weighted by atomic mass is 19.1. The molecule has 0 aromatic heterocycles. The number of hydrogen-bond donors (Lipinski definition) is 0. The van der Waals surface area contributed by atoms with Crippen molar-refractivity contribution in [3.05, 3.63) is 71.8 Å². The summed E-state index contributed by atoms with van der Waals surface area (Å²) in [4.78, 5) is 72.6. The average Bonchev–Trinajstić information content (AvgIpc) is 3.15. The number of ether oxygens (including phenoxy) is 4. The van der Waals surface area contributed by atoms with Gasteiger partial charge in [0.15, 0.2) is 40.5 Å². The van der Waals surface area contributed by atoms with Crippen molar-refractivity contribution in [2.45, 2.75) is 112 Å². The summed E-state index contributed by atoms with van der Waals surface area (Å²) in [7, 11) is 0. The van der Waals surface area contributed by atoms with Crippen LogP contribution in [0.1, 0.15) is 111 Å². The van der Waals surface area contributed by atoms with E-state index in [1.165, 1.54) is 32.9 Å². The fourth-order valence-electron chi connectivity index (χ4n) is 5.89. The van der Waals surface area contributed by atoms with Crippen LogP contribution in [0.5, 0.6) is 11.5 Å². The first-order valence-corrected chi connectivity index (χ1v) is 19.1. The van der Waals surface area contributed by atoms with Crippen LogP contribution in [-0.2, 0) is 44.7 Å². The summed E-state index contributed by atoms with van der Waals surface area (Å²) in [5.41, 5.74) is 0.933. The first-order chi connectivity index (χ1) is 26.5. The third-order valence-corrected chi connectivity index (χ3v) is 9.33. The van der Waals surface area contributed by atoms with E-state index in [9.17, 15) is 28.8 Å². The molecule has 0 radical (unpaired) electrons. The Hall–Kier alpha value is -5.00. The molecule has 0 amide bonds. The molecular weight excluding hydrogens is 726 g/mol. The topological polar surface area (TPSA) is 139 Å². The number of rotatable bonds is 28. The summed E-state index contributed by atoms with van der Waals surface area (Å²) in [6.45, 7) is 14.8. The Balaban J connectivity index is 2.36. The molecule has 2 aromatic carbocycles. The van der Waals surface area contributed by atoms with Crippen molar-refractivity contribution in [1.29, 1.82) is 0 Å². The molecule has 0 aliphatic rings. The molecule has 0 atom stereocenters. The van der Waals surface area contributed by atoms with Crippen molar-refractivity contribution in [3.63, 3.8) is 0 Å². The molecule has 0 saturated carbocycles. The minimum absolute atomic E-state index is 0.0896. The van der Waals surface area contributed by atoms with Crippen LogP contribution in [0, 0.1) is 17.0 Å². The second kappa shape index (κ2) is 23.8. The van der Waals surface area contributed by atoms with Gasteiger partial charge in [0.05, 0.1) is 26.4 Å². The van der Waals surface area contributed by atoms with E-state index in [1.807, 2.05) is 0 Å². The van der Waals surface area contributed by atoms with Crippen LogP contribution in [0.15, 0.2) is 54.6 Å². The number of carbonyl (C=O) groups excluding carboxylic acids is 6. The monoisotopic (exact) mass is 782 g/mol. The predicted octanol–water partition coefficient (Wildman–Crippen LogP) is 8.78. The highest BCUT2D eigenvalue weighted by Gasteiger charge is 2.34. The van der Waals surface area contributed by atoms with Gasteiger partial charge >= 0.3 is 11.9 Å². The molecule has 0 aliphatic heterocycles. The Labute approximate surface area is 329 Å². The maximum atomic E-state index is 15.1. The number of benzene rings is 2. The highest BCUT2D eigenvalue weighted by Crippen LogP contribution is 2.37. The smallest absolute Gasteiger partial charge is 0.333 e. The number of halogens is 2. The third-order valence-electron chi connectivity index (χ3n) is 9.33. The lowest BCUT2D eigenvalue weighted by atomic mass is 9.74. The van der Waals surface area contributed by atoms with E-state index in [2.05, 4.69) is 20.1 Å². The van der Waals surface area contributed by atoms with Gasteiger partial charge in [0.25, 0.3) is 0 Å². The van der Waals surface area contributed by atoms with Crippen molar-refractivity contribution in [2.24, 2.45) is 5.41 Å². The van der Waals surface area contributed by atoms with E-state index in [1.54, 1.807) is 25.1 Å². The van der Waals surface area contributed by atoms with Crippen LogP contribution in [0.4, 0.5) is 8.78 Å². The van der Waals surface area contributed by atoms with Crippen LogP contribution in [0.2, 0.25) is 0 Å². The summed E-state index contributed by atoms with van der Waals surface area (Å²) < 4.78 is 52.6. The lowest BCUT2D eigenvalue weighted by Crippen LogP contribution is -2.32. The Kier molecular flexibility index (Phi) is 20.1. The van der Waals surface area contributed by atoms with Crippen molar-refractivity contribution in [2.75, 3.05) is 26.4 Å². The third kappa shape index (κ3) is 16.0. The van der Waals surface area contributed by atoms with Crippen LogP contribution in [0.25, 0.3) is 11.1 Å². The van der Waals surface area contributed by atoms with Gasteiger partial charge in [0, 0.05) is 43.3 Å². The van der Waals surface area contributed by atoms with E-state index < -0.39 is 57.9 Å². The molecule has 0 bridgehead atoms. The molecule has 12 heteroatoms. The molecule has 10 nitrogen and oxygen atoms in total. The van der Waals surface area contributed by atoms with Crippen molar-refractivity contribution in [1.82, 2.24) is 0 Å². The Morgan fingerprint density at radius 2 is 1.21 bits per heavy atom. The normalized spacial score (nSPS) is 11.1. The molecule has 0 unspecified atom stereocenters. The van der Waals surface area contributed by atoms with E-state index in [0.717, 1.165) is 19.3 Å². The minimum atomic E-state index is -0.954. The molecule has 0 heterocycles. The fraction of sp³-hybridized carbons (Fsp3) is 0.500. The zero-order valence-electron chi connectivity index (χ0n) is 33.5. The van der Waals surface area contributed by atoms with Crippen molar-refractivity contribution < 1.29 is 56.5 Å². The number of unbranched alkanes of at least 4 members (excludes halogenated alkanes) is 3. The van der Waals surface area contributed by atoms with Gasteiger partial charge in [0.2, 0.25) is 0 Å². The van der Waals surface area contributed by atoms with Crippen LogP contribution >= 0.6 is 0 Å². The van der Waals surface area contributed by atoms with Gasteiger partial charge in [-0.15, -0.1) is 0 Å². The second-order valence-corrected chi connectivity index (χ2v) is 14.3. The van der Waals surface area contributed by atoms with Gasteiger partial charge in [-0.25, -0.2) is 18.4 Å². The molecule has 306 valence electrons. The summed E-state index contributed by atoms with van der Waals surface area (Å²) in [5.74, 6) is -5.27. The van der Waals surface area contributed by atoms with Crippen molar-refractivity contribution in [3.8, 4) is 22.6 Å². The first kappa shape index (κ1) is 47.2. The number of aryl methyl sites for hydroxylation is 1. The van der Waals surface area contributed by atoms with Gasteiger partial charge in [0.1, 0.15) is 5.75 Å². The predicted molar refractivity (Wildman–Crippen MR) is 208 cm³/mol. The van der Waals surface area contributed by atoms with Crippen LogP contribution < -0.4 is 9.47 Å². The van der Waals surface area contributed by atoms with E-state index >= 15 is 8.78 Å². The van der Waals surface area contributed by atoms with E-state index in [4.69, 9.17) is 18.9 Å². The molecule has 0 aliphatic carbocycles. The van der Waals surface area contributed by atoms with Gasteiger partial charge in [-0.2, -0.15) is 0 Å². The highest BCUT2D eigenvalue weighted by molar-refractivity contribution is 6.36. The standard InChI is InChI=1S/C44H56F2O10/c1-8-9-10-11-22-54-41-36(45)26-35(27-37(41)46)33-15-16-40(34(25-33)14-12-23-55-42(51)29(2)3)53-24-13-19-44(20-17-38(49)31(6)47,21-18-39(50)32(7)48)28-56-43(52)30(4)5/h15-16,25-27H,2,4,8-14,17-24,28H2,1,3,5-7H3. The minimum Gasteiger partial charge on any atom is -0.493 e. The molecule has 0 N–H and O–H groups in total. The second-order valence-electron chi connectivity index (χ2n) is 14.3. The zero-order chi connectivity index (χ0) is 41.8. The number of esters is 2. The number of hydrogen-bond acceptors (Lipinski definition) is 10. The summed E-state index contributed by atoms with van der Waals surface area (Å²) in [5, 5.41) is 0. The number of Topliss-reactive ketones (excluding diaryl/α,β-unsaturated/α-hetero) is 4. The molecule has 0 spiro atoms. The molecule has 2 rings (SSSR count). The largest absolute Gasteiger partial charge is 0.493 e. The maximum absolute atomic E-state index is 15.1. The number of carbonyl (C=O) groups is 6. The Bertz CT molecular complexity index is 1650. The van der Waals surface area contributed by atoms with Crippen LogP contribution in [-0.4, -0.2) is 61.5 Å². The molecular formula is C44H56F2O10. The van der Waals surface area contributed by atoms with Crippen LogP contribution in [0.3, 0.4) is 0 Å². The SMILES string of the molecule is C=C(C)C(=O)OCCCc1cc(-c2cc(F)c(OCCCCCC)c(F)c2)ccc1OCCCC(CCC(=O)C(C)=O)(CCC(=O)C(C)=O)COC(=O)C(=C)C. The first-order valence-electron chi connectivity index (χ1n) is 19.1. The van der Waals surface area contributed by atoms with Gasteiger partial charge in [-0.1, -0.05) is 45.4 Å². The molecule has 0 saturated heterocycles. The van der Waals surface area contributed by atoms with Gasteiger partial charge in [-0.05, 0) is 99.7 Å². The van der Waals surface area contributed by atoms with E-state index in [0.29, 0.717) is 49.0 Å². The summed E-state index contributed by atoms with van der Waals surface area (Å²) >= 11 is 0. The fourth-order valence-corrected chi connectivity index (χ4v) is 5.89. The van der Waals surface area contributed by atoms with Gasteiger partial charge in [-0.3, -0.25) is 19.2 Å². The Morgan fingerprint density at radius 3 is 1.77 bits per heavy atom. The summed E-state index contributed by atoms with van der Waals surface area (Å²) in [6, 6.07) is 7.52. The lowest BCUT2D eigenvalue weighted by molar-refractivity contribution is -0.144. The molecule has 56 heavy (non-hydrogen) atoms. The summed E-state index contributed by atoms with van der Waals surface area (Å²) in [6.07, 6.45) is 4.95. The quantitative estimate of drug-likeness (QED) is 0.0356. The number of ketones is 4. The zero-order valence-corrected chi connectivity index (χ0v) is 33.5. The van der Waals surface area contributed by atoms with Gasteiger partial charge < -0.3 is 18.9 Å². The van der Waals surface area contributed by atoms with E-state index in [-0.39, 0.29) is 68.8 Å².